The Morgan fingerprint density at radius 1 is 1.16 bits per heavy atom. The van der Waals surface area contributed by atoms with Crippen LogP contribution in [0.1, 0.15) is 5.56 Å². The lowest BCUT2D eigenvalue weighted by atomic mass is 10.1. The van der Waals surface area contributed by atoms with Crippen LogP contribution in [0.15, 0.2) is 39.3 Å². The minimum absolute atomic E-state index is 0.795. The molecule has 0 fully saturated rings. The molecule has 5 heteroatoms. The van der Waals surface area contributed by atoms with Gasteiger partial charge in [0.05, 0.1) is 5.52 Å². The summed E-state index contributed by atoms with van der Waals surface area (Å²) in [7, 11) is 0. The predicted octanol–water partition coefficient (Wildman–Crippen LogP) is 4.65. The number of benzene rings is 2. The maximum Gasteiger partial charge on any atom is 0.138 e. The standard InChI is InChI=1S/C14H11Br2N3/c1-7-4-8(2-3-11(7)17)14-18-12-6-9(15)5-10(16)13(12)19-14/h2-6H,17H2,1H3,(H,18,19). The molecule has 0 aliphatic rings. The topological polar surface area (TPSA) is 54.7 Å². The highest BCUT2D eigenvalue weighted by Crippen LogP contribution is 2.30. The molecule has 1 aromatic heterocycles. The number of aryl methyl sites for hydroxylation is 1. The van der Waals surface area contributed by atoms with Gasteiger partial charge in [-0.05, 0) is 58.7 Å². The number of anilines is 1. The Bertz CT molecular complexity index is 778. The van der Waals surface area contributed by atoms with E-state index in [1.54, 1.807) is 0 Å². The second-order valence-electron chi connectivity index (χ2n) is 4.44. The molecule has 0 bridgehead atoms. The highest BCUT2D eigenvalue weighted by Gasteiger charge is 2.09. The van der Waals surface area contributed by atoms with Gasteiger partial charge in [-0.15, -0.1) is 0 Å². The molecule has 19 heavy (non-hydrogen) atoms. The third kappa shape index (κ3) is 2.28. The summed E-state index contributed by atoms with van der Waals surface area (Å²) in [6.45, 7) is 1.99. The molecule has 0 saturated carbocycles. The first-order valence-electron chi connectivity index (χ1n) is 5.76. The van der Waals surface area contributed by atoms with Gasteiger partial charge in [0.2, 0.25) is 0 Å². The number of H-pyrrole nitrogens is 1. The molecule has 0 atom stereocenters. The van der Waals surface area contributed by atoms with E-state index in [4.69, 9.17) is 5.73 Å². The second-order valence-corrected chi connectivity index (χ2v) is 6.21. The van der Waals surface area contributed by atoms with Crippen LogP contribution in [0, 0.1) is 6.92 Å². The van der Waals surface area contributed by atoms with E-state index in [1.807, 2.05) is 37.3 Å². The van der Waals surface area contributed by atoms with Crippen molar-refractivity contribution in [3.8, 4) is 11.4 Å². The number of nitrogens with one attached hydrogen (secondary N) is 1. The Labute approximate surface area is 127 Å². The molecule has 2 aromatic carbocycles. The van der Waals surface area contributed by atoms with E-state index < -0.39 is 0 Å². The number of aromatic amines is 1. The lowest BCUT2D eigenvalue weighted by Crippen LogP contribution is -1.90. The van der Waals surface area contributed by atoms with Crippen molar-refractivity contribution in [2.45, 2.75) is 6.92 Å². The smallest absolute Gasteiger partial charge is 0.138 e. The van der Waals surface area contributed by atoms with Crippen molar-refractivity contribution in [2.24, 2.45) is 0 Å². The number of nitrogens with two attached hydrogens (primary N) is 1. The SMILES string of the molecule is Cc1cc(-c2nc3c(Br)cc(Br)cc3[nH]2)ccc1N. The molecule has 3 rings (SSSR count). The Balaban J connectivity index is 2.20. The monoisotopic (exact) mass is 379 g/mol. The van der Waals surface area contributed by atoms with Crippen LogP contribution in [0.3, 0.4) is 0 Å². The second kappa shape index (κ2) is 4.65. The molecule has 0 aliphatic carbocycles. The van der Waals surface area contributed by atoms with Crippen LogP contribution >= 0.6 is 31.9 Å². The largest absolute Gasteiger partial charge is 0.399 e. The predicted molar refractivity (Wildman–Crippen MR) is 86.1 cm³/mol. The number of halogens is 2. The highest BCUT2D eigenvalue weighted by molar-refractivity contribution is 9.11. The zero-order valence-electron chi connectivity index (χ0n) is 10.2. The molecule has 0 aliphatic heterocycles. The van der Waals surface area contributed by atoms with Crippen LogP contribution in [0.25, 0.3) is 22.4 Å². The summed E-state index contributed by atoms with van der Waals surface area (Å²) >= 11 is 7.00. The van der Waals surface area contributed by atoms with Gasteiger partial charge in [0.1, 0.15) is 11.3 Å². The van der Waals surface area contributed by atoms with Crippen LogP contribution in [0.4, 0.5) is 5.69 Å². The van der Waals surface area contributed by atoms with E-state index >= 15 is 0 Å². The number of aromatic nitrogens is 2. The third-order valence-electron chi connectivity index (χ3n) is 3.05. The number of imidazole rings is 1. The summed E-state index contributed by atoms with van der Waals surface area (Å²) in [5, 5.41) is 0. The minimum atomic E-state index is 0.795. The number of hydrogen-bond donors (Lipinski definition) is 2. The maximum atomic E-state index is 5.84. The van der Waals surface area contributed by atoms with Crippen LogP contribution < -0.4 is 5.73 Å². The van der Waals surface area contributed by atoms with Crippen molar-refractivity contribution in [1.82, 2.24) is 9.97 Å². The molecular weight excluding hydrogens is 370 g/mol. The summed E-state index contributed by atoms with van der Waals surface area (Å²) < 4.78 is 1.97. The first kappa shape index (κ1) is 12.7. The molecule has 0 spiro atoms. The maximum absolute atomic E-state index is 5.84. The highest BCUT2D eigenvalue weighted by atomic mass is 79.9. The number of nitrogens with zero attached hydrogens (tertiary/aromatic N) is 1. The molecular formula is C14H11Br2N3. The van der Waals surface area contributed by atoms with E-state index in [1.165, 1.54) is 0 Å². The van der Waals surface area contributed by atoms with Crippen molar-refractivity contribution in [2.75, 3.05) is 5.73 Å². The fourth-order valence-electron chi connectivity index (χ4n) is 2.00. The molecule has 3 N–H and O–H groups in total. The third-order valence-corrected chi connectivity index (χ3v) is 4.11. The Morgan fingerprint density at radius 3 is 2.68 bits per heavy atom. The molecule has 96 valence electrons. The number of nitrogen functional groups attached to an aromatic ring is 1. The van der Waals surface area contributed by atoms with E-state index in [-0.39, 0.29) is 0 Å². The van der Waals surface area contributed by atoms with Crippen LogP contribution in [-0.4, -0.2) is 9.97 Å². The zero-order valence-corrected chi connectivity index (χ0v) is 13.3. The van der Waals surface area contributed by atoms with Crippen molar-refractivity contribution >= 4 is 48.6 Å². The average molecular weight is 381 g/mol. The number of hydrogen-bond acceptors (Lipinski definition) is 2. The van der Waals surface area contributed by atoms with E-state index in [0.29, 0.717) is 0 Å². The average Bonchev–Trinajstić information content (AvgIpc) is 2.76. The number of rotatable bonds is 1. The quantitative estimate of drug-likeness (QED) is 0.604. The molecule has 1 heterocycles. The Hall–Kier alpha value is -1.33. The van der Waals surface area contributed by atoms with Crippen molar-refractivity contribution in [1.29, 1.82) is 0 Å². The summed E-state index contributed by atoms with van der Waals surface area (Å²) in [6.07, 6.45) is 0. The lowest BCUT2D eigenvalue weighted by molar-refractivity contribution is 1.32. The van der Waals surface area contributed by atoms with Gasteiger partial charge in [-0.2, -0.15) is 0 Å². The lowest BCUT2D eigenvalue weighted by Gasteiger charge is -2.01. The summed E-state index contributed by atoms with van der Waals surface area (Å²) in [5.41, 5.74) is 10.6. The fraction of sp³-hybridized carbons (Fsp3) is 0.0714. The van der Waals surface area contributed by atoms with Gasteiger partial charge >= 0.3 is 0 Å². The van der Waals surface area contributed by atoms with Gasteiger partial charge < -0.3 is 10.7 Å². The van der Waals surface area contributed by atoms with Gasteiger partial charge in [-0.25, -0.2) is 4.98 Å². The Kier molecular flexibility index (Phi) is 3.11. The molecule has 0 radical (unpaired) electrons. The zero-order chi connectivity index (χ0) is 13.6. The van der Waals surface area contributed by atoms with E-state index in [2.05, 4.69) is 41.8 Å². The fourth-order valence-corrected chi connectivity index (χ4v) is 3.32. The first-order valence-corrected chi connectivity index (χ1v) is 7.34. The molecule has 0 amide bonds. The molecule has 0 saturated heterocycles. The molecule has 0 unspecified atom stereocenters. The van der Waals surface area contributed by atoms with Gasteiger partial charge in [-0.3, -0.25) is 0 Å². The van der Waals surface area contributed by atoms with Gasteiger partial charge in [0.15, 0.2) is 0 Å². The minimum Gasteiger partial charge on any atom is -0.399 e. The van der Waals surface area contributed by atoms with Crippen molar-refractivity contribution < 1.29 is 0 Å². The van der Waals surface area contributed by atoms with Crippen molar-refractivity contribution in [3.05, 3.63) is 44.8 Å². The van der Waals surface area contributed by atoms with Crippen molar-refractivity contribution in [3.63, 3.8) is 0 Å². The molecule has 3 aromatic rings. The number of fused-ring (bicyclic) bond motifs is 1. The summed E-state index contributed by atoms with van der Waals surface area (Å²) in [4.78, 5) is 7.96. The van der Waals surface area contributed by atoms with Crippen LogP contribution in [0.2, 0.25) is 0 Å². The molecule has 3 nitrogen and oxygen atoms in total. The summed E-state index contributed by atoms with van der Waals surface area (Å²) in [5.74, 6) is 0.844. The Morgan fingerprint density at radius 2 is 1.95 bits per heavy atom. The van der Waals surface area contributed by atoms with Crippen LogP contribution in [-0.2, 0) is 0 Å². The normalized spacial score (nSPS) is 11.1. The van der Waals surface area contributed by atoms with Gasteiger partial charge in [0.25, 0.3) is 0 Å². The van der Waals surface area contributed by atoms with Crippen LogP contribution in [0.5, 0.6) is 0 Å². The van der Waals surface area contributed by atoms with Gasteiger partial charge in [-0.1, -0.05) is 15.9 Å². The van der Waals surface area contributed by atoms with E-state index in [0.717, 1.165) is 42.6 Å². The summed E-state index contributed by atoms with van der Waals surface area (Å²) in [6, 6.07) is 9.92. The van der Waals surface area contributed by atoms with Gasteiger partial charge in [0, 0.05) is 20.2 Å². The van der Waals surface area contributed by atoms with E-state index in [9.17, 15) is 0 Å². The first-order chi connectivity index (χ1) is 9.04.